The molecule has 0 saturated heterocycles. The van der Waals surface area contributed by atoms with E-state index in [1.165, 1.54) is 0 Å². The molecule has 24 heavy (non-hydrogen) atoms. The van der Waals surface area contributed by atoms with Crippen LogP contribution in [0.5, 0.6) is 11.5 Å². The van der Waals surface area contributed by atoms with Gasteiger partial charge in [-0.25, -0.2) is 0 Å². The van der Waals surface area contributed by atoms with Crippen LogP contribution in [0.1, 0.15) is 36.0 Å². The van der Waals surface area contributed by atoms with Gasteiger partial charge in [0.15, 0.2) is 11.5 Å². The molecular formula is C20H24O4. The van der Waals surface area contributed by atoms with Gasteiger partial charge in [0, 0.05) is 0 Å². The number of rotatable bonds is 8. The summed E-state index contributed by atoms with van der Waals surface area (Å²) in [6.45, 7) is 4.58. The molecule has 128 valence electrons. The molecule has 0 fully saturated rings. The lowest BCUT2D eigenvalue weighted by molar-refractivity contribution is -0.138. The number of ether oxygens (including phenoxy) is 2. The monoisotopic (exact) mass is 328 g/mol. The maximum Gasteiger partial charge on any atom is 0.311 e. The minimum Gasteiger partial charge on any atom is -0.493 e. The minimum absolute atomic E-state index is 0.356. The first-order valence-corrected chi connectivity index (χ1v) is 8.14. The Balaban J connectivity index is 2.35. The number of para-hydroxylation sites is 1. The van der Waals surface area contributed by atoms with Crippen LogP contribution in [0.2, 0.25) is 0 Å². The molecule has 1 atom stereocenters. The van der Waals surface area contributed by atoms with Gasteiger partial charge in [0.2, 0.25) is 0 Å². The smallest absolute Gasteiger partial charge is 0.311 e. The summed E-state index contributed by atoms with van der Waals surface area (Å²) < 4.78 is 11.2. The highest BCUT2D eigenvalue weighted by molar-refractivity contribution is 5.76. The average Bonchev–Trinajstić information content (AvgIpc) is 2.58. The van der Waals surface area contributed by atoms with Gasteiger partial charge in [0.1, 0.15) is 0 Å². The van der Waals surface area contributed by atoms with Crippen molar-refractivity contribution in [3.8, 4) is 11.5 Å². The molecule has 0 radical (unpaired) electrons. The predicted molar refractivity (Wildman–Crippen MR) is 94.0 cm³/mol. The van der Waals surface area contributed by atoms with Gasteiger partial charge >= 0.3 is 5.97 Å². The molecule has 0 aliphatic heterocycles. The molecule has 0 amide bonds. The van der Waals surface area contributed by atoms with E-state index in [4.69, 9.17) is 9.47 Å². The van der Waals surface area contributed by atoms with Crippen molar-refractivity contribution in [2.45, 2.75) is 32.6 Å². The third-order valence-corrected chi connectivity index (χ3v) is 3.93. The van der Waals surface area contributed by atoms with Gasteiger partial charge in [0.05, 0.1) is 19.6 Å². The summed E-state index contributed by atoms with van der Waals surface area (Å²) in [6, 6.07) is 13.2. The maximum atomic E-state index is 11.8. The number of methoxy groups -OCH3 is 1. The third-order valence-electron chi connectivity index (χ3n) is 3.93. The summed E-state index contributed by atoms with van der Waals surface area (Å²) in [5, 5.41) is 9.68. The van der Waals surface area contributed by atoms with Gasteiger partial charge in [-0.3, -0.25) is 4.79 Å². The van der Waals surface area contributed by atoms with Crippen LogP contribution >= 0.6 is 0 Å². The number of carbonyl (C=O) groups is 1. The molecule has 1 N–H and O–H groups in total. The van der Waals surface area contributed by atoms with Crippen LogP contribution in [0.25, 0.3) is 0 Å². The summed E-state index contributed by atoms with van der Waals surface area (Å²) in [4.78, 5) is 11.8. The van der Waals surface area contributed by atoms with Crippen molar-refractivity contribution in [3.05, 3.63) is 59.2 Å². The topological polar surface area (TPSA) is 55.8 Å². The summed E-state index contributed by atoms with van der Waals surface area (Å²) in [5.41, 5.74) is 2.74. The first-order chi connectivity index (χ1) is 11.6. The first-order valence-electron chi connectivity index (χ1n) is 8.14. The Morgan fingerprint density at radius 3 is 2.46 bits per heavy atom. The van der Waals surface area contributed by atoms with Crippen LogP contribution < -0.4 is 9.47 Å². The van der Waals surface area contributed by atoms with Crippen LogP contribution in [0.3, 0.4) is 0 Å². The van der Waals surface area contributed by atoms with E-state index in [0.29, 0.717) is 24.5 Å². The fourth-order valence-electron chi connectivity index (χ4n) is 2.62. The van der Waals surface area contributed by atoms with Crippen LogP contribution in [-0.4, -0.2) is 24.8 Å². The van der Waals surface area contributed by atoms with Gasteiger partial charge in [-0.1, -0.05) is 48.9 Å². The molecule has 0 aliphatic rings. The first kappa shape index (κ1) is 17.9. The van der Waals surface area contributed by atoms with Crippen molar-refractivity contribution in [1.82, 2.24) is 0 Å². The number of aliphatic carboxylic acids is 1. The standard InChI is InChI=1S/C20H24O4/c1-4-12-24-19-16(6-5-7-18(19)23-3)13-17(20(21)22)15-10-8-14(2)9-11-15/h5-11,17H,4,12-13H2,1-3H3,(H,21,22). The largest absolute Gasteiger partial charge is 0.493 e. The van der Waals surface area contributed by atoms with Gasteiger partial charge in [-0.2, -0.15) is 0 Å². The van der Waals surface area contributed by atoms with Gasteiger partial charge in [-0.15, -0.1) is 0 Å². The number of carboxylic acids is 1. The second-order valence-electron chi connectivity index (χ2n) is 5.80. The molecule has 0 spiro atoms. The van der Waals surface area contributed by atoms with Crippen LogP contribution in [0, 0.1) is 6.92 Å². The number of carboxylic acid groups (broad SMARTS) is 1. The van der Waals surface area contributed by atoms with Crippen molar-refractivity contribution in [1.29, 1.82) is 0 Å². The third kappa shape index (κ3) is 4.28. The highest BCUT2D eigenvalue weighted by atomic mass is 16.5. The molecule has 0 bridgehead atoms. The van der Waals surface area contributed by atoms with Gasteiger partial charge in [-0.05, 0) is 37.0 Å². The van der Waals surface area contributed by atoms with E-state index < -0.39 is 11.9 Å². The summed E-state index contributed by atoms with van der Waals surface area (Å²) >= 11 is 0. The van der Waals surface area contributed by atoms with Crippen LogP contribution in [0.15, 0.2) is 42.5 Å². The van der Waals surface area contributed by atoms with E-state index in [9.17, 15) is 9.90 Å². The molecule has 1 unspecified atom stereocenters. The Hall–Kier alpha value is -2.49. The van der Waals surface area contributed by atoms with E-state index in [1.54, 1.807) is 7.11 Å². The lowest BCUT2D eigenvalue weighted by atomic mass is 9.91. The Morgan fingerprint density at radius 2 is 1.88 bits per heavy atom. The van der Waals surface area contributed by atoms with Crippen LogP contribution in [0.4, 0.5) is 0 Å². The van der Waals surface area contributed by atoms with Crippen LogP contribution in [-0.2, 0) is 11.2 Å². The lowest BCUT2D eigenvalue weighted by Gasteiger charge is -2.18. The van der Waals surface area contributed by atoms with Crippen molar-refractivity contribution >= 4 is 5.97 Å². The molecule has 0 aliphatic carbocycles. The average molecular weight is 328 g/mol. The zero-order chi connectivity index (χ0) is 17.5. The Kier molecular flexibility index (Phi) is 6.24. The highest BCUT2D eigenvalue weighted by Crippen LogP contribution is 2.34. The fraction of sp³-hybridized carbons (Fsp3) is 0.350. The quantitative estimate of drug-likeness (QED) is 0.789. The molecule has 4 nitrogen and oxygen atoms in total. The highest BCUT2D eigenvalue weighted by Gasteiger charge is 2.23. The van der Waals surface area contributed by atoms with E-state index in [0.717, 1.165) is 23.1 Å². The molecule has 0 aromatic heterocycles. The number of hydrogen-bond acceptors (Lipinski definition) is 3. The predicted octanol–water partition coefficient (Wildman–Crippen LogP) is 4.20. The van der Waals surface area contributed by atoms with E-state index >= 15 is 0 Å². The summed E-state index contributed by atoms with van der Waals surface area (Å²) in [6.07, 6.45) is 1.23. The Morgan fingerprint density at radius 1 is 1.17 bits per heavy atom. The second kappa shape index (κ2) is 8.39. The minimum atomic E-state index is -0.844. The van der Waals surface area contributed by atoms with Crippen molar-refractivity contribution in [2.75, 3.05) is 13.7 Å². The van der Waals surface area contributed by atoms with Crippen molar-refractivity contribution < 1.29 is 19.4 Å². The van der Waals surface area contributed by atoms with Crippen molar-refractivity contribution in [3.63, 3.8) is 0 Å². The number of benzene rings is 2. The van der Waals surface area contributed by atoms with Gasteiger partial charge < -0.3 is 14.6 Å². The Labute approximate surface area is 143 Å². The number of aryl methyl sites for hydroxylation is 1. The molecule has 2 aromatic rings. The zero-order valence-electron chi connectivity index (χ0n) is 14.4. The van der Waals surface area contributed by atoms with E-state index in [1.807, 2.05) is 56.3 Å². The molecule has 0 saturated carbocycles. The zero-order valence-corrected chi connectivity index (χ0v) is 14.4. The second-order valence-corrected chi connectivity index (χ2v) is 5.80. The molecule has 2 aromatic carbocycles. The fourth-order valence-corrected chi connectivity index (χ4v) is 2.62. The molecule has 2 rings (SSSR count). The van der Waals surface area contributed by atoms with E-state index in [-0.39, 0.29) is 0 Å². The molecular weight excluding hydrogens is 304 g/mol. The Bertz CT molecular complexity index is 677. The maximum absolute atomic E-state index is 11.8. The summed E-state index contributed by atoms with van der Waals surface area (Å²) in [7, 11) is 1.59. The normalized spacial score (nSPS) is 11.8. The summed E-state index contributed by atoms with van der Waals surface area (Å²) in [5.74, 6) is -0.195. The van der Waals surface area contributed by atoms with Gasteiger partial charge in [0.25, 0.3) is 0 Å². The SMILES string of the molecule is CCCOc1c(CC(C(=O)O)c2ccc(C)cc2)cccc1OC. The number of hydrogen-bond donors (Lipinski definition) is 1. The molecule has 4 heteroatoms. The van der Waals surface area contributed by atoms with Crippen molar-refractivity contribution in [2.24, 2.45) is 0 Å². The lowest BCUT2D eigenvalue weighted by Crippen LogP contribution is -2.15. The van der Waals surface area contributed by atoms with E-state index in [2.05, 4.69) is 0 Å². The molecule has 0 heterocycles.